The van der Waals surface area contributed by atoms with E-state index in [1.165, 1.54) is 0 Å². The van der Waals surface area contributed by atoms with Crippen molar-refractivity contribution in [1.82, 2.24) is 10.3 Å². The SMILES string of the molecule is Cc1cc(C)c(NC(=O)NCCCSCc2ccco2)c(C)n1. The summed E-state index contributed by atoms with van der Waals surface area (Å²) in [5, 5.41) is 5.76. The van der Waals surface area contributed by atoms with Gasteiger partial charge >= 0.3 is 6.03 Å². The molecule has 0 saturated heterocycles. The van der Waals surface area contributed by atoms with E-state index >= 15 is 0 Å². The van der Waals surface area contributed by atoms with E-state index in [2.05, 4.69) is 15.6 Å². The molecule has 0 aromatic carbocycles. The van der Waals surface area contributed by atoms with Crippen LogP contribution in [0, 0.1) is 20.8 Å². The van der Waals surface area contributed by atoms with Gasteiger partial charge in [0.15, 0.2) is 0 Å². The Kier molecular flexibility index (Phi) is 6.52. The Morgan fingerprint density at radius 3 is 2.87 bits per heavy atom. The van der Waals surface area contributed by atoms with E-state index in [0.29, 0.717) is 6.54 Å². The molecule has 0 bridgehead atoms. The molecule has 6 heteroatoms. The number of anilines is 1. The third kappa shape index (κ3) is 5.63. The monoisotopic (exact) mass is 333 g/mol. The quantitative estimate of drug-likeness (QED) is 0.750. The lowest BCUT2D eigenvalue weighted by Gasteiger charge is -2.12. The van der Waals surface area contributed by atoms with Crippen LogP contribution in [0.4, 0.5) is 10.5 Å². The predicted molar refractivity (Wildman–Crippen MR) is 95.0 cm³/mol. The summed E-state index contributed by atoms with van der Waals surface area (Å²) < 4.78 is 5.27. The fourth-order valence-electron chi connectivity index (χ4n) is 2.31. The molecule has 2 amide bonds. The highest BCUT2D eigenvalue weighted by molar-refractivity contribution is 7.98. The molecule has 0 saturated carbocycles. The summed E-state index contributed by atoms with van der Waals surface area (Å²) in [5.74, 6) is 2.83. The molecule has 0 aliphatic rings. The van der Waals surface area contributed by atoms with E-state index in [1.807, 2.05) is 39.0 Å². The maximum absolute atomic E-state index is 11.9. The van der Waals surface area contributed by atoms with Crippen molar-refractivity contribution >= 4 is 23.5 Å². The summed E-state index contributed by atoms with van der Waals surface area (Å²) in [6.07, 6.45) is 2.61. The second-order valence-electron chi connectivity index (χ2n) is 5.41. The Labute approximate surface area is 141 Å². The summed E-state index contributed by atoms with van der Waals surface area (Å²) >= 11 is 1.80. The first kappa shape index (κ1) is 17.4. The topological polar surface area (TPSA) is 67.2 Å². The third-order valence-corrected chi connectivity index (χ3v) is 4.41. The van der Waals surface area contributed by atoms with Crippen molar-refractivity contribution in [2.24, 2.45) is 0 Å². The number of aryl methyl sites for hydroxylation is 3. The second-order valence-corrected chi connectivity index (χ2v) is 6.51. The van der Waals surface area contributed by atoms with Gasteiger partial charge in [0.05, 0.1) is 23.4 Å². The van der Waals surface area contributed by atoms with Gasteiger partial charge in [-0.3, -0.25) is 4.98 Å². The zero-order valence-electron chi connectivity index (χ0n) is 13.8. The lowest BCUT2D eigenvalue weighted by atomic mass is 10.1. The Hall–Kier alpha value is -1.95. The van der Waals surface area contributed by atoms with Crippen LogP contribution in [0.3, 0.4) is 0 Å². The van der Waals surface area contributed by atoms with Crippen LogP contribution in [0.5, 0.6) is 0 Å². The highest BCUT2D eigenvalue weighted by atomic mass is 32.2. The first-order valence-corrected chi connectivity index (χ1v) is 8.81. The summed E-state index contributed by atoms with van der Waals surface area (Å²) in [6.45, 7) is 6.47. The van der Waals surface area contributed by atoms with E-state index in [4.69, 9.17) is 4.42 Å². The molecule has 2 N–H and O–H groups in total. The van der Waals surface area contributed by atoms with Gasteiger partial charge in [-0.1, -0.05) is 0 Å². The molecule has 0 aliphatic carbocycles. The molecule has 0 unspecified atom stereocenters. The number of rotatable bonds is 7. The van der Waals surface area contributed by atoms with Crippen LogP contribution in [-0.4, -0.2) is 23.3 Å². The van der Waals surface area contributed by atoms with Gasteiger partial charge in [0.2, 0.25) is 0 Å². The van der Waals surface area contributed by atoms with Crippen LogP contribution < -0.4 is 10.6 Å². The molecule has 2 rings (SSSR count). The first-order valence-electron chi connectivity index (χ1n) is 7.66. The molecule has 0 fully saturated rings. The highest BCUT2D eigenvalue weighted by Crippen LogP contribution is 2.19. The van der Waals surface area contributed by atoms with E-state index in [-0.39, 0.29) is 6.03 Å². The van der Waals surface area contributed by atoms with Gasteiger partial charge in [-0.2, -0.15) is 11.8 Å². The van der Waals surface area contributed by atoms with Crippen molar-refractivity contribution in [2.45, 2.75) is 32.9 Å². The Morgan fingerprint density at radius 2 is 2.17 bits per heavy atom. The molecule has 0 atom stereocenters. The summed E-state index contributed by atoms with van der Waals surface area (Å²) in [5.41, 5.74) is 3.62. The number of thioether (sulfide) groups is 1. The molecule has 5 nitrogen and oxygen atoms in total. The van der Waals surface area contributed by atoms with E-state index in [9.17, 15) is 4.79 Å². The maximum atomic E-state index is 11.9. The molecule has 0 radical (unpaired) electrons. The molecule has 2 aromatic heterocycles. The highest BCUT2D eigenvalue weighted by Gasteiger charge is 2.08. The number of amides is 2. The van der Waals surface area contributed by atoms with Gasteiger partial charge in [-0.05, 0) is 56.7 Å². The number of pyridine rings is 1. The van der Waals surface area contributed by atoms with Gasteiger partial charge in [0.1, 0.15) is 5.76 Å². The molecule has 0 aliphatic heterocycles. The number of hydrogen-bond acceptors (Lipinski definition) is 4. The maximum Gasteiger partial charge on any atom is 0.319 e. The van der Waals surface area contributed by atoms with E-state index in [1.54, 1.807) is 18.0 Å². The minimum atomic E-state index is -0.183. The van der Waals surface area contributed by atoms with Crippen molar-refractivity contribution < 1.29 is 9.21 Å². The molecular formula is C17H23N3O2S. The number of hydrogen-bond donors (Lipinski definition) is 2. The van der Waals surface area contributed by atoms with Gasteiger partial charge < -0.3 is 15.1 Å². The molecule has 2 aromatic rings. The lowest BCUT2D eigenvalue weighted by Crippen LogP contribution is -2.30. The number of nitrogens with one attached hydrogen (secondary N) is 2. The van der Waals surface area contributed by atoms with Crippen LogP contribution in [0.1, 0.15) is 29.1 Å². The Morgan fingerprint density at radius 1 is 1.35 bits per heavy atom. The molecule has 124 valence electrons. The summed E-state index contributed by atoms with van der Waals surface area (Å²) in [4.78, 5) is 16.3. The fraction of sp³-hybridized carbons (Fsp3) is 0.412. The van der Waals surface area contributed by atoms with Gasteiger partial charge in [-0.15, -0.1) is 0 Å². The van der Waals surface area contributed by atoms with Crippen molar-refractivity contribution in [3.8, 4) is 0 Å². The molecular weight excluding hydrogens is 310 g/mol. The van der Waals surface area contributed by atoms with Crippen LogP contribution in [0.2, 0.25) is 0 Å². The van der Waals surface area contributed by atoms with Gasteiger partial charge in [-0.25, -0.2) is 4.79 Å². The van der Waals surface area contributed by atoms with Crippen molar-refractivity contribution in [2.75, 3.05) is 17.6 Å². The minimum absolute atomic E-state index is 0.183. The second kappa shape index (κ2) is 8.62. The zero-order chi connectivity index (χ0) is 16.7. The molecule has 0 spiro atoms. The third-order valence-electron chi connectivity index (χ3n) is 3.34. The number of aromatic nitrogens is 1. The van der Waals surface area contributed by atoms with Crippen LogP contribution in [-0.2, 0) is 5.75 Å². The molecule has 2 heterocycles. The summed E-state index contributed by atoms with van der Waals surface area (Å²) in [7, 11) is 0. The standard InChI is InChI=1S/C17H23N3O2S/c1-12-10-13(2)19-14(3)16(12)20-17(21)18-7-5-9-23-11-15-6-4-8-22-15/h4,6,8,10H,5,7,9,11H2,1-3H3,(H2,18,20,21). The number of carbonyl (C=O) groups is 1. The average Bonchev–Trinajstić information content (AvgIpc) is 2.99. The average molecular weight is 333 g/mol. The molecule has 23 heavy (non-hydrogen) atoms. The van der Waals surface area contributed by atoms with Gasteiger partial charge in [0, 0.05) is 12.2 Å². The van der Waals surface area contributed by atoms with Crippen molar-refractivity contribution in [1.29, 1.82) is 0 Å². The summed E-state index contributed by atoms with van der Waals surface area (Å²) in [6, 6.07) is 5.65. The van der Waals surface area contributed by atoms with E-state index in [0.717, 1.165) is 46.3 Å². The van der Waals surface area contributed by atoms with Crippen LogP contribution in [0.15, 0.2) is 28.9 Å². The van der Waals surface area contributed by atoms with Crippen LogP contribution in [0.25, 0.3) is 0 Å². The number of nitrogens with zero attached hydrogens (tertiary/aromatic N) is 1. The van der Waals surface area contributed by atoms with Gasteiger partial charge in [0.25, 0.3) is 0 Å². The number of urea groups is 1. The van der Waals surface area contributed by atoms with E-state index < -0.39 is 0 Å². The first-order chi connectivity index (χ1) is 11.1. The smallest absolute Gasteiger partial charge is 0.319 e. The Bertz CT molecular complexity index is 618. The fourth-order valence-corrected chi connectivity index (χ4v) is 3.17. The minimum Gasteiger partial charge on any atom is -0.468 e. The predicted octanol–water partition coefficient (Wildman–Crippen LogP) is 4.04. The largest absolute Gasteiger partial charge is 0.468 e. The van der Waals surface area contributed by atoms with Crippen molar-refractivity contribution in [3.05, 3.63) is 47.2 Å². The van der Waals surface area contributed by atoms with Crippen LogP contribution >= 0.6 is 11.8 Å². The normalized spacial score (nSPS) is 10.6. The lowest BCUT2D eigenvalue weighted by molar-refractivity contribution is 0.252. The number of furan rings is 1. The zero-order valence-corrected chi connectivity index (χ0v) is 14.6. The number of carbonyl (C=O) groups excluding carboxylic acids is 1. The van der Waals surface area contributed by atoms with Crippen molar-refractivity contribution in [3.63, 3.8) is 0 Å². The Balaban J connectivity index is 1.65.